The van der Waals surface area contributed by atoms with E-state index in [-0.39, 0.29) is 12.0 Å². The first-order valence-electron chi connectivity index (χ1n) is 9.53. The summed E-state index contributed by atoms with van der Waals surface area (Å²) in [5.41, 5.74) is 0. The molecule has 0 aliphatic carbocycles. The number of carbonyl (C=O) groups excluding carboxylic acids is 1. The zero-order valence-corrected chi connectivity index (χ0v) is 17.3. The van der Waals surface area contributed by atoms with Crippen LogP contribution in [0.5, 0.6) is 0 Å². The quantitative estimate of drug-likeness (QED) is 0.681. The topological polar surface area (TPSA) is 83.5 Å². The summed E-state index contributed by atoms with van der Waals surface area (Å²) >= 11 is 2.94. The summed E-state index contributed by atoms with van der Waals surface area (Å²) in [6.07, 6.45) is 4.29. The number of piperazine rings is 1. The van der Waals surface area contributed by atoms with Crippen LogP contribution >= 0.6 is 23.1 Å². The van der Waals surface area contributed by atoms with Gasteiger partial charge in [-0.05, 0) is 25.0 Å². The molecule has 8 nitrogen and oxygen atoms in total. The average Bonchev–Trinajstić information content (AvgIpc) is 3.43. The van der Waals surface area contributed by atoms with Crippen LogP contribution in [0.25, 0.3) is 0 Å². The molecular weight excluding hydrogens is 396 g/mol. The molecule has 2 aromatic heterocycles. The summed E-state index contributed by atoms with van der Waals surface area (Å²) in [7, 11) is 0. The molecule has 1 amide bonds. The third kappa shape index (κ3) is 5.12. The van der Waals surface area contributed by atoms with Gasteiger partial charge in [0.25, 0.3) is 0 Å². The summed E-state index contributed by atoms with van der Waals surface area (Å²) in [6.45, 7) is 4.67. The first-order valence-corrected chi connectivity index (χ1v) is 11.3. The number of thioether (sulfide) groups is 1. The minimum absolute atomic E-state index is 0.148. The maximum Gasteiger partial charge on any atom is 0.233 e. The van der Waals surface area contributed by atoms with Crippen molar-refractivity contribution in [2.24, 2.45) is 0 Å². The highest BCUT2D eigenvalue weighted by Crippen LogP contribution is 2.26. The van der Waals surface area contributed by atoms with Crippen molar-refractivity contribution in [3.63, 3.8) is 0 Å². The Hall–Kier alpha value is -1.91. The number of carbonyl (C=O) groups is 1. The van der Waals surface area contributed by atoms with Crippen molar-refractivity contribution < 1.29 is 9.53 Å². The molecule has 0 saturated carbocycles. The van der Waals surface area contributed by atoms with Crippen molar-refractivity contribution in [1.82, 2.24) is 20.1 Å². The number of anilines is 2. The number of aromatic nitrogens is 3. The van der Waals surface area contributed by atoms with Gasteiger partial charge in [-0.15, -0.1) is 10.2 Å². The number of ether oxygens (including phenoxy) is 1. The SMILES string of the molecule is O=C(CSc1nnc(NC[C@H]2CCCO2)s1)N1CCN(c2ccccn2)CC1. The standard InChI is InChI=1S/C18H24N6O2S2/c25-16(24-9-7-23(8-10-24)15-5-1-2-6-19-15)13-27-18-22-21-17(28-18)20-12-14-4-3-11-26-14/h1-2,5-6,14H,3-4,7-13H2,(H,20,21)/t14-/m1/s1. The first-order chi connectivity index (χ1) is 13.8. The fourth-order valence-corrected chi connectivity index (χ4v) is 4.95. The van der Waals surface area contributed by atoms with Crippen molar-refractivity contribution in [2.45, 2.75) is 23.3 Å². The molecule has 28 heavy (non-hydrogen) atoms. The van der Waals surface area contributed by atoms with E-state index in [1.807, 2.05) is 23.1 Å². The number of nitrogens with one attached hydrogen (secondary N) is 1. The molecule has 2 aromatic rings. The highest BCUT2D eigenvalue weighted by Gasteiger charge is 2.22. The van der Waals surface area contributed by atoms with Gasteiger partial charge in [0, 0.05) is 45.5 Å². The van der Waals surface area contributed by atoms with Gasteiger partial charge in [-0.25, -0.2) is 4.98 Å². The lowest BCUT2D eigenvalue weighted by atomic mass is 10.2. The van der Waals surface area contributed by atoms with Crippen molar-refractivity contribution in [3.8, 4) is 0 Å². The lowest BCUT2D eigenvalue weighted by molar-refractivity contribution is -0.128. The summed E-state index contributed by atoms with van der Waals surface area (Å²) in [5.74, 6) is 1.51. The summed E-state index contributed by atoms with van der Waals surface area (Å²) in [4.78, 5) is 21.0. The molecule has 1 N–H and O–H groups in total. The maximum absolute atomic E-state index is 12.5. The molecule has 2 aliphatic rings. The van der Waals surface area contributed by atoms with Crippen LogP contribution in [-0.4, -0.2) is 77.2 Å². The number of hydrogen-bond donors (Lipinski definition) is 1. The number of rotatable bonds is 7. The van der Waals surface area contributed by atoms with Gasteiger partial charge in [-0.1, -0.05) is 29.2 Å². The van der Waals surface area contributed by atoms with E-state index in [1.165, 1.54) is 23.1 Å². The van der Waals surface area contributed by atoms with E-state index in [9.17, 15) is 4.79 Å². The molecule has 150 valence electrons. The third-order valence-electron chi connectivity index (χ3n) is 4.84. The fraction of sp³-hybridized carbons (Fsp3) is 0.556. The van der Waals surface area contributed by atoms with E-state index in [4.69, 9.17) is 4.74 Å². The van der Waals surface area contributed by atoms with Crippen LogP contribution in [0.15, 0.2) is 28.7 Å². The van der Waals surface area contributed by atoms with Crippen molar-refractivity contribution in [1.29, 1.82) is 0 Å². The lowest BCUT2D eigenvalue weighted by Gasteiger charge is -2.35. The monoisotopic (exact) mass is 420 g/mol. The molecule has 2 saturated heterocycles. The van der Waals surface area contributed by atoms with Crippen molar-refractivity contribution in [2.75, 3.05) is 55.3 Å². The van der Waals surface area contributed by atoms with Crippen molar-refractivity contribution in [3.05, 3.63) is 24.4 Å². The fourth-order valence-electron chi connectivity index (χ4n) is 3.29. The molecule has 2 aliphatic heterocycles. The summed E-state index contributed by atoms with van der Waals surface area (Å²) < 4.78 is 6.41. The second kappa shape index (κ2) is 9.53. The van der Waals surface area contributed by atoms with Crippen LogP contribution in [0.3, 0.4) is 0 Å². The van der Waals surface area contributed by atoms with Crippen LogP contribution < -0.4 is 10.2 Å². The molecule has 0 bridgehead atoms. The van der Waals surface area contributed by atoms with Gasteiger partial charge in [-0.2, -0.15) is 0 Å². The average molecular weight is 421 g/mol. The lowest BCUT2D eigenvalue weighted by Crippen LogP contribution is -2.49. The van der Waals surface area contributed by atoms with Crippen LogP contribution in [0.4, 0.5) is 10.9 Å². The Morgan fingerprint density at radius 2 is 2.18 bits per heavy atom. The van der Waals surface area contributed by atoms with Gasteiger partial charge in [-0.3, -0.25) is 4.79 Å². The molecular formula is C18H24N6O2S2. The van der Waals surface area contributed by atoms with Gasteiger partial charge in [0.05, 0.1) is 11.9 Å². The number of hydrogen-bond acceptors (Lipinski definition) is 9. The third-order valence-corrected chi connectivity index (χ3v) is 6.84. The van der Waals surface area contributed by atoms with E-state index in [2.05, 4.69) is 25.4 Å². The number of pyridine rings is 1. The number of amides is 1. The van der Waals surface area contributed by atoms with E-state index in [0.29, 0.717) is 5.75 Å². The molecule has 4 heterocycles. The second-order valence-electron chi connectivity index (χ2n) is 6.73. The second-order valence-corrected chi connectivity index (χ2v) is 8.93. The Kier molecular flexibility index (Phi) is 6.61. The van der Waals surface area contributed by atoms with Crippen molar-refractivity contribution >= 4 is 40.0 Å². The highest BCUT2D eigenvalue weighted by molar-refractivity contribution is 8.01. The van der Waals surface area contributed by atoms with Crippen LogP contribution in [0.1, 0.15) is 12.8 Å². The molecule has 0 aromatic carbocycles. The Bertz CT molecular complexity index is 760. The smallest absolute Gasteiger partial charge is 0.233 e. The first kappa shape index (κ1) is 19.4. The maximum atomic E-state index is 12.5. The van der Waals surface area contributed by atoms with E-state index in [0.717, 1.165) is 67.5 Å². The Morgan fingerprint density at radius 3 is 2.93 bits per heavy atom. The minimum atomic E-state index is 0.148. The molecule has 0 radical (unpaired) electrons. The molecule has 2 fully saturated rings. The molecule has 0 spiro atoms. The van der Waals surface area contributed by atoms with Gasteiger partial charge in [0.2, 0.25) is 11.0 Å². The highest BCUT2D eigenvalue weighted by atomic mass is 32.2. The van der Waals surface area contributed by atoms with Gasteiger partial charge in [0.15, 0.2) is 4.34 Å². The number of nitrogens with zero attached hydrogens (tertiary/aromatic N) is 5. The van der Waals surface area contributed by atoms with Gasteiger partial charge < -0.3 is 19.9 Å². The molecule has 1 atom stereocenters. The minimum Gasteiger partial charge on any atom is -0.376 e. The van der Waals surface area contributed by atoms with E-state index < -0.39 is 0 Å². The van der Waals surface area contributed by atoms with Gasteiger partial charge in [0.1, 0.15) is 5.82 Å². The summed E-state index contributed by atoms with van der Waals surface area (Å²) in [5, 5.41) is 12.4. The van der Waals surface area contributed by atoms with Crippen LogP contribution in [0, 0.1) is 0 Å². The largest absolute Gasteiger partial charge is 0.376 e. The van der Waals surface area contributed by atoms with Crippen LogP contribution in [0.2, 0.25) is 0 Å². The zero-order valence-electron chi connectivity index (χ0n) is 15.6. The zero-order chi connectivity index (χ0) is 19.2. The normalized spacial score (nSPS) is 19.8. The predicted octanol–water partition coefficient (Wildman–Crippen LogP) is 1.96. The van der Waals surface area contributed by atoms with E-state index >= 15 is 0 Å². The van der Waals surface area contributed by atoms with Gasteiger partial charge >= 0.3 is 0 Å². The summed E-state index contributed by atoms with van der Waals surface area (Å²) in [6, 6.07) is 5.91. The Labute approximate surface area is 172 Å². The Morgan fingerprint density at radius 1 is 1.29 bits per heavy atom. The predicted molar refractivity (Wildman–Crippen MR) is 111 cm³/mol. The molecule has 4 rings (SSSR count). The Balaban J connectivity index is 1.18. The van der Waals surface area contributed by atoms with Crippen LogP contribution in [-0.2, 0) is 9.53 Å². The molecule has 10 heteroatoms. The molecule has 0 unspecified atom stereocenters. The van der Waals surface area contributed by atoms with E-state index in [1.54, 1.807) is 6.20 Å².